The number of hydrogen-bond donors (Lipinski definition) is 1. The lowest BCUT2D eigenvalue weighted by atomic mass is 10.1. The lowest BCUT2D eigenvalue weighted by Gasteiger charge is -2.18. The molecule has 2 amide bonds. The second-order valence-corrected chi connectivity index (χ2v) is 5.79. The number of amides is 2. The summed E-state index contributed by atoms with van der Waals surface area (Å²) in [7, 11) is 0. The molecule has 0 bridgehead atoms. The van der Waals surface area contributed by atoms with Gasteiger partial charge in [-0.2, -0.15) is 0 Å². The van der Waals surface area contributed by atoms with Crippen LogP contribution in [0.2, 0.25) is 0 Å². The van der Waals surface area contributed by atoms with Gasteiger partial charge in [0.15, 0.2) is 0 Å². The normalized spacial score (nSPS) is 10.7. The minimum atomic E-state index is -0.204. The van der Waals surface area contributed by atoms with Crippen LogP contribution in [0.1, 0.15) is 35.3 Å². The first-order valence-corrected chi connectivity index (χ1v) is 8.48. The van der Waals surface area contributed by atoms with E-state index in [1.807, 2.05) is 45.0 Å². The van der Waals surface area contributed by atoms with Gasteiger partial charge in [0, 0.05) is 30.4 Å². The van der Waals surface area contributed by atoms with Crippen LogP contribution < -0.4 is 5.32 Å². The smallest absolute Gasteiger partial charge is 0.253 e. The zero-order valence-electron chi connectivity index (χ0n) is 15.0. The highest BCUT2D eigenvalue weighted by Gasteiger charge is 2.11. The molecule has 0 unspecified atom stereocenters. The van der Waals surface area contributed by atoms with E-state index in [2.05, 4.69) is 5.32 Å². The maximum Gasteiger partial charge on any atom is 0.253 e. The zero-order valence-corrected chi connectivity index (χ0v) is 15.0. The van der Waals surface area contributed by atoms with Gasteiger partial charge in [0.25, 0.3) is 5.91 Å². The fourth-order valence-electron chi connectivity index (χ4n) is 2.52. The highest BCUT2D eigenvalue weighted by Crippen LogP contribution is 2.12. The number of carbonyl (C=O) groups excluding carboxylic acids is 2. The maximum absolute atomic E-state index is 12.3. The van der Waals surface area contributed by atoms with E-state index in [1.54, 1.807) is 35.2 Å². The third-order valence-corrected chi connectivity index (χ3v) is 3.92. The van der Waals surface area contributed by atoms with Crippen molar-refractivity contribution in [3.8, 4) is 0 Å². The fraction of sp³-hybridized carbons (Fsp3) is 0.238. The van der Waals surface area contributed by atoms with Gasteiger partial charge in [-0.1, -0.05) is 29.8 Å². The Hall–Kier alpha value is -2.88. The van der Waals surface area contributed by atoms with Crippen molar-refractivity contribution in [3.63, 3.8) is 0 Å². The molecule has 25 heavy (non-hydrogen) atoms. The van der Waals surface area contributed by atoms with Crippen molar-refractivity contribution in [1.82, 2.24) is 4.90 Å². The minimum Gasteiger partial charge on any atom is -0.339 e. The SMILES string of the molecule is CCN(CC)C(=O)c1ccc(NC(=O)/C=C/c2cccc(C)c2)cc1. The molecule has 2 aromatic carbocycles. The number of hydrogen-bond acceptors (Lipinski definition) is 2. The van der Waals surface area contributed by atoms with Crippen molar-refractivity contribution >= 4 is 23.6 Å². The van der Waals surface area contributed by atoms with Crippen LogP contribution in [0, 0.1) is 6.92 Å². The van der Waals surface area contributed by atoms with Gasteiger partial charge in [0.1, 0.15) is 0 Å². The van der Waals surface area contributed by atoms with Crippen LogP contribution in [0.5, 0.6) is 0 Å². The van der Waals surface area contributed by atoms with Gasteiger partial charge in [-0.3, -0.25) is 9.59 Å². The van der Waals surface area contributed by atoms with Crippen molar-refractivity contribution < 1.29 is 9.59 Å². The van der Waals surface area contributed by atoms with Crippen molar-refractivity contribution in [2.45, 2.75) is 20.8 Å². The summed E-state index contributed by atoms with van der Waals surface area (Å²) in [6.45, 7) is 7.28. The van der Waals surface area contributed by atoms with Crippen LogP contribution in [0.15, 0.2) is 54.6 Å². The van der Waals surface area contributed by atoms with Crippen LogP contribution in [0.4, 0.5) is 5.69 Å². The predicted octanol–water partition coefficient (Wildman–Crippen LogP) is 4.13. The van der Waals surface area contributed by atoms with Crippen LogP contribution in [-0.4, -0.2) is 29.8 Å². The third kappa shape index (κ3) is 5.31. The number of carbonyl (C=O) groups is 2. The topological polar surface area (TPSA) is 49.4 Å². The van der Waals surface area contributed by atoms with Crippen LogP contribution in [0.3, 0.4) is 0 Å². The first-order chi connectivity index (χ1) is 12.0. The number of rotatable bonds is 6. The molecule has 130 valence electrons. The molecule has 0 atom stereocenters. The Labute approximate surface area is 149 Å². The van der Waals surface area contributed by atoms with Gasteiger partial charge in [-0.05, 0) is 56.7 Å². The van der Waals surface area contributed by atoms with Gasteiger partial charge < -0.3 is 10.2 Å². The second kappa shape index (κ2) is 8.83. The standard InChI is InChI=1S/C21H24N2O2/c1-4-23(5-2)21(25)18-10-12-19(13-11-18)22-20(24)14-9-17-8-6-7-16(3)15-17/h6-15H,4-5H2,1-3H3,(H,22,24)/b14-9+. The monoisotopic (exact) mass is 336 g/mol. The summed E-state index contributed by atoms with van der Waals surface area (Å²) >= 11 is 0. The van der Waals surface area contributed by atoms with Gasteiger partial charge in [-0.15, -0.1) is 0 Å². The Bertz CT molecular complexity index is 760. The van der Waals surface area contributed by atoms with Gasteiger partial charge in [-0.25, -0.2) is 0 Å². The van der Waals surface area contributed by atoms with E-state index in [0.717, 1.165) is 11.1 Å². The summed E-state index contributed by atoms with van der Waals surface area (Å²) in [4.78, 5) is 26.0. The number of aryl methyl sites for hydroxylation is 1. The summed E-state index contributed by atoms with van der Waals surface area (Å²) in [6.07, 6.45) is 3.28. The average Bonchev–Trinajstić information content (AvgIpc) is 2.61. The van der Waals surface area contributed by atoms with Crippen molar-refractivity contribution in [2.24, 2.45) is 0 Å². The molecule has 0 aromatic heterocycles. The Morgan fingerprint density at radius 3 is 2.32 bits per heavy atom. The molecule has 2 aromatic rings. The molecule has 0 fully saturated rings. The van der Waals surface area contributed by atoms with E-state index in [1.165, 1.54) is 6.08 Å². The molecule has 0 spiro atoms. The molecular formula is C21H24N2O2. The van der Waals surface area contributed by atoms with E-state index >= 15 is 0 Å². The molecule has 0 aliphatic carbocycles. The molecule has 0 radical (unpaired) electrons. The summed E-state index contributed by atoms with van der Waals surface area (Å²) in [5.41, 5.74) is 3.42. The molecule has 0 aliphatic heterocycles. The van der Waals surface area contributed by atoms with Crippen molar-refractivity contribution in [2.75, 3.05) is 18.4 Å². The quantitative estimate of drug-likeness (QED) is 0.806. The summed E-state index contributed by atoms with van der Waals surface area (Å²) in [6, 6.07) is 14.9. The van der Waals surface area contributed by atoms with Crippen LogP contribution in [-0.2, 0) is 4.79 Å². The van der Waals surface area contributed by atoms with E-state index in [0.29, 0.717) is 24.3 Å². The van der Waals surface area contributed by atoms with Crippen molar-refractivity contribution in [1.29, 1.82) is 0 Å². The highest BCUT2D eigenvalue weighted by molar-refractivity contribution is 6.02. The molecule has 2 rings (SSSR count). The molecule has 0 saturated heterocycles. The summed E-state index contributed by atoms with van der Waals surface area (Å²) in [5, 5.41) is 2.80. The van der Waals surface area contributed by atoms with E-state index in [-0.39, 0.29) is 11.8 Å². The van der Waals surface area contributed by atoms with Crippen LogP contribution in [0.25, 0.3) is 6.08 Å². The number of nitrogens with zero attached hydrogens (tertiary/aromatic N) is 1. The largest absolute Gasteiger partial charge is 0.339 e. The van der Waals surface area contributed by atoms with E-state index < -0.39 is 0 Å². The maximum atomic E-state index is 12.3. The van der Waals surface area contributed by atoms with Gasteiger partial charge in [0.05, 0.1) is 0 Å². The number of anilines is 1. The minimum absolute atomic E-state index is 0.00206. The molecule has 1 N–H and O–H groups in total. The molecule has 0 aliphatic rings. The first kappa shape index (κ1) is 18.5. The van der Waals surface area contributed by atoms with Crippen LogP contribution >= 0.6 is 0 Å². The number of nitrogens with one attached hydrogen (secondary N) is 1. The van der Waals surface area contributed by atoms with E-state index in [9.17, 15) is 9.59 Å². The van der Waals surface area contributed by atoms with Gasteiger partial charge >= 0.3 is 0 Å². The highest BCUT2D eigenvalue weighted by atomic mass is 16.2. The van der Waals surface area contributed by atoms with E-state index in [4.69, 9.17) is 0 Å². The molecule has 4 heteroatoms. The lowest BCUT2D eigenvalue weighted by molar-refractivity contribution is -0.111. The Morgan fingerprint density at radius 1 is 1.04 bits per heavy atom. The summed E-state index contributed by atoms with van der Waals surface area (Å²) < 4.78 is 0. The predicted molar refractivity (Wildman–Crippen MR) is 103 cm³/mol. The molecule has 0 heterocycles. The molecular weight excluding hydrogens is 312 g/mol. The Kier molecular flexibility index (Phi) is 6.52. The third-order valence-electron chi connectivity index (χ3n) is 3.92. The Balaban J connectivity index is 1.98. The van der Waals surface area contributed by atoms with Gasteiger partial charge in [0.2, 0.25) is 5.91 Å². The first-order valence-electron chi connectivity index (χ1n) is 8.48. The van der Waals surface area contributed by atoms with Crippen molar-refractivity contribution in [3.05, 3.63) is 71.3 Å². The molecule has 0 saturated carbocycles. The number of benzene rings is 2. The lowest BCUT2D eigenvalue weighted by Crippen LogP contribution is -2.30. The summed E-state index contributed by atoms with van der Waals surface area (Å²) in [5.74, 6) is -0.202. The molecule has 4 nitrogen and oxygen atoms in total. The fourth-order valence-corrected chi connectivity index (χ4v) is 2.52. The zero-order chi connectivity index (χ0) is 18.2. The second-order valence-electron chi connectivity index (χ2n) is 5.79. The Morgan fingerprint density at radius 2 is 1.72 bits per heavy atom. The average molecular weight is 336 g/mol.